The van der Waals surface area contributed by atoms with E-state index in [1.54, 1.807) is 0 Å². The Balaban J connectivity index is 2.10. The number of benzene rings is 1. The quantitative estimate of drug-likeness (QED) is 0.897. The predicted octanol–water partition coefficient (Wildman–Crippen LogP) is 2.53. The van der Waals surface area contributed by atoms with Gasteiger partial charge in [0.05, 0.1) is 13.2 Å². The fourth-order valence-corrected chi connectivity index (χ4v) is 2.42. The summed E-state index contributed by atoms with van der Waals surface area (Å²) in [6.45, 7) is 1.65. The molecule has 1 aromatic carbocycles. The third-order valence-corrected chi connectivity index (χ3v) is 3.54. The van der Waals surface area contributed by atoms with Gasteiger partial charge in [-0.15, -0.1) is 0 Å². The van der Waals surface area contributed by atoms with E-state index < -0.39 is 0 Å². The van der Waals surface area contributed by atoms with Crippen LogP contribution < -0.4 is 5.32 Å². The van der Waals surface area contributed by atoms with Gasteiger partial charge in [0.25, 0.3) is 0 Å². The zero-order chi connectivity index (χ0) is 11.4. The van der Waals surface area contributed by atoms with E-state index in [4.69, 9.17) is 4.74 Å². The first-order valence-corrected chi connectivity index (χ1v) is 6.33. The number of hydrogen-bond donors (Lipinski definition) is 2. The number of nitrogens with one attached hydrogen (secondary N) is 1. The Bertz CT molecular complexity index is 351. The van der Waals surface area contributed by atoms with E-state index in [2.05, 4.69) is 21.2 Å². The van der Waals surface area contributed by atoms with Gasteiger partial charge in [-0.25, -0.2) is 0 Å². The molecule has 0 amide bonds. The lowest BCUT2D eigenvalue weighted by Gasteiger charge is -2.25. The van der Waals surface area contributed by atoms with Gasteiger partial charge in [0.15, 0.2) is 0 Å². The van der Waals surface area contributed by atoms with Crippen LogP contribution in [0.3, 0.4) is 0 Å². The van der Waals surface area contributed by atoms with Crippen LogP contribution in [0.5, 0.6) is 0 Å². The molecule has 1 fully saturated rings. The van der Waals surface area contributed by atoms with Crippen molar-refractivity contribution in [1.29, 1.82) is 0 Å². The van der Waals surface area contributed by atoms with Crippen molar-refractivity contribution in [2.45, 2.75) is 25.5 Å². The topological polar surface area (TPSA) is 41.5 Å². The normalized spacial score (nSPS) is 20.8. The van der Waals surface area contributed by atoms with Crippen molar-refractivity contribution in [1.82, 2.24) is 0 Å². The van der Waals surface area contributed by atoms with Gasteiger partial charge in [-0.05, 0) is 25.0 Å². The Kier molecular flexibility index (Phi) is 4.21. The summed E-state index contributed by atoms with van der Waals surface area (Å²) in [5, 5.41) is 12.8. The summed E-state index contributed by atoms with van der Waals surface area (Å²) < 4.78 is 6.36. The molecule has 1 aliphatic heterocycles. The van der Waals surface area contributed by atoms with Crippen molar-refractivity contribution in [2.75, 3.05) is 18.5 Å². The molecule has 16 heavy (non-hydrogen) atoms. The lowest BCUT2D eigenvalue weighted by molar-refractivity contribution is 0.0875. The Labute approximate surface area is 104 Å². The second-order valence-electron chi connectivity index (χ2n) is 3.98. The Morgan fingerprint density at radius 1 is 1.50 bits per heavy atom. The molecular weight excluding hydrogens is 270 g/mol. The van der Waals surface area contributed by atoms with Gasteiger partial charge in [-0.2, -0.15) is 0 Å². The van der Waals surface area contributed by atoms with Crippen LogP contribution in [0.25, 0.3) is 0 Å². The maximum atomic E-state index is 9.33. The van der Waals surface area contributed by atoms with Crippen LogP contribution in [-0.2, 0) is 11.3 Å². The number of ether oxygens (including phenoxy) is 1. The molecule has 0 radical (unpaired) electrons. The molecule has 1 atom stereocenters. The van der Waals surface area contributed by atoms with Crippen LogP contribution in [0, 0.1) is 0 Å². The van der Waals surface area contributed by atoms with E-state index >= 15 is 0 Å². The molecular formula is C12H16BrNO2. The van der Waals surface area contributed by atoms with E-state index in [1.807, 2.05) is 18.2 Å². The second-order valence-corrected chi connectivity index (χ2v) is 4.84. The van der Waals surface area contributed by atoms with E-state index in [0.717, 1.165) is 41.8 Å². The highest BCUT2D eigenvalue weighted by Gasteiger charge is 2.15. The molecule has 2 N–H and O–H groups in total. The first kappa shape index (κ1) is 11.9. The van der Waals surface area contributed by atoms with Crippen LogP contribution in [0.1, 0.15) is 18.4 Å². The van der Waals surface area contributed by atoms with Crippen LogP contribution in [0.2, 0.25) is 0 Å². The summed E-state index contributed by atoms with van der Waals surface area (Å²) in [5.41, 5.74) is 1.90. The van der Waals surface area contributed by atoms with Gasteiger partial charge >= 0.3 is 0 Å². The van der Waals surface area contributed by atoms with Crippen molar-refractivity contribution < 1.29 is 9.84 Å². The minimum Gasteiger partial charge on any atom is -0.392 e. The highest BCUT2D eigenvalue weighted by molar-refractivity contribution is 9.10. The molecule has 88 valence electrons. The first-order chi connectivity index (χ1) is 7.81. The van der Waals surface area contributed by atoms with Gasteiger partial charge < -0.3 is 15.2 Å². The maximum absolute atomic E-state index is 9.33. The van der Waals surface area contributed by atoms with Crippen molar-refractivity contribution >= 4 is 21.6 Å². The highest BCUT2D eigenvalue weighted by Crippen LogP contribution is 2.26. The van der Waals surface area contributed by atoms with Crippen molar-refractivity contribution in [3.05, 3.63) is 28.2 Å². The second kappa shape index (κ2) is 5.66. The standard InChI is InChI=1S/C12H16BrNO2/c13-11-4-1-5-12(10(11)7-15)14-9-3-2-6-16-8-9/h1,4-5,9,14-15H,2-3,6-8H2. The minimum absolute atomic E-state index is 0.0390. The molecule has 2 rings (SSSR count). The number of hydrogen-bond acceptors (Lipinski definition) is 3. The van der Waals surface area contributed by atoms with Gasteiger partial charge in [0.2, 0.25) is 0 Å². The average Bonchev–Trinajstić information content (AvgIpc) is 2.31. The summed E-state index contributed by atoms with van der Waals surface area (Å²) in [5.74, 6) is 0. The summed E-state index contributed by atoms with van der Waals surface area (Å²) in [6, 6.07) is 6.25. The molecule has 1 heterocycles. The van der Waals surface area contributed by atoms with Crippen LogP contribution in [-0.4, -0.2) is 24.4 Å². The molecule has 1 aliphatic rings. The summed E-state index contributed by atoms with van der Waals surface area (Å²) in [4.78, 5) is 0. The van der Waals surface area contributed by atoms with Crippen molar-refractivity contribution in [3.63, 3.8) is 0 Å². The molecule has 1 saturated heterocycles. The monoisotopic (exact) mass is 285 g/mol. The fraction of sp³-hybridized carbons (Fsp3) is 0.500. The third kappa shape index (κ3) is 2.75. The van der Waals surface area contributed by atoms with Gasteiger partial charge in [0, 0.05) is 28.4 Å². The van der Waals surface area contributed by atoms with E-state index in [-0.39, 0.29) is 6.61 Å². The maximum Gasteiger partial charge on any atom is 0.0713 e. The van der Waals surface area contributed by atoms with E-state index in [9.17, 15) is 5.11 Å². The molecule has 1 aromatic rings. The predicted molar refractivity (Wildman–Crippen MR) is 67.5 cm³/mol. The minimum atomic E-state index is 0.0390. The average molecular weight is 286 g/mol. The number of aliphatic hydroxyl groups is 1. The molecule has 0 aliphatic carbocycles. The summed E-state index contributed by atoms with van der Waals surface area (Å²) >= 11 is 3.44. The zero-order valence-corrected chi connectivity index (χ0v) is 10.7. The Morgan fingerprint density at radius 2 is 2.38 bits per heavy atom. The zero-order valence-electron chi connectivity index (χ0n) is 9.08. The van der Waals surface area contributed by atoms with Crippen LogP contribution >= 0.6 is 15.9 Å². The van der Waals surface area contributed by atoms with Crippen molar-refractivity contribution in [3.8, 4) is 0 Å². The number of halogens is 1. The van der Waals surface area contributed by atoms with E-state index in [1.165, 1.54) is 0 Å². The highest BCUT2D eigenvalue weighted by atomic mass is 79.9. The molecule has 0 spiro atoms. The lowest BCUT2D eigenvalue weighted by atomic mass is 10.1. The van der Waals surface area contributed by atoms with Gasteiger partial charge in [-0.1, -0.05) is 22.0 Å². The Hall–Kier alpha value is -0.580. The molecule has 0 aromatic heterocycles. The van der Waals surface area contributed by atoms with Crippen molar-refractivity contribution in [2.24, 2.45) is 0 Å². The third-order valence-electron chi connectivity index (χ3n) is 2.80. The number of rotatable bonds is 3. The van der Waals surface area contributed by atoms with E-state index in [0.29, 0.717) is 6.04 Å². The molecule has 3 nitrogen and oxygen atoms in total. The van der Waals surface area contributed by atoms with Gasteiger partial charge in [0.1, 0.15) is 0 Å². The lowest BCUT2D eigenvalue weighted by Crippen LogP contribution is -2.30. The first-order valence-electron chi connectivity index (χ1n) is 5.54. The molecule has 4 heteroatoms. The number of anilines is 1. The molecule has 1 unspecified atom stereocenters. The van der Waals surface area contributed by atoms with Gasteiger partial charge in [-0.3, -0.25) is 0 Å². The SMILES string of the molecule is OCc1c(Br)cccc1NC1CCCOC1. The summed E-state index contributed by atoms with van der Waals surface area (Å²) in [7, 11) is 0. The molecule has 0 bridgehead atoms. The fourth-order valence-electron chi connectivity index (χ4n) is 1.93. The van der Waals surface area contributed by atoms with Crippen LogP contribution in [0.15, 0.2) is 22.7 Å². The molecule has 0 saturated carbocycles. The summed E-state index contributed by atoms with van der Waals surface area (Å²) in [6.07, 6.45) is 2.22. The largest absolute Gasteiger partial charge is 0.392 e. The number of aliphatic hydroxyl groups excluding tert-OH is 1. The smallest absolute Gasteiger partial charge is 0.0713 e. The van der Waals surface area contributed by atoms with Crippen LogP contribution in [0.4, 0.5) is 5.69 Å². The Morgan fingerprint density at radius 3 is 3.06 bits per heavy atom.